The van der Waals surface area contributed by atoms with Crippen LogP contribution in [0.4, 0.5) is 10.1 Å². The number of benzene rings is 2. The molecule has 7 nitrogen and oxygen atoms in total. The molecule has 0 amide bonds. The molecule has 0 aliphatic heterocycles. The van der Waals surface area contributed by atoms with Crippen LogP contribution < -0.4 is 5.32 Å². The van der Waals surface area contributed by atoms with Crippen LogP contribution in [0, 0.1) is 22.6 Å². The SMILES string of the molecule is C[C@@H](OCc1ccc(O)cc1)c1cc(F)ccc1N/C(=C\C(=N)Cl)Cc1cc(C#N)nn1C. The summed E-state index contributed by atoms with van der Waals surface area (Å²) in [5, 5.41) is 33.3. The third-order valence-corrected chi connectivity index (χ3v) is 5.06. The average Bonchev–Trinajstić information content (AvgIpc) is 3.13. The van der Waals surface area contributed by atoms with Crippen molar-refractivity contribution < 1.29 is 14.2 Å². The van der Waals surface area contributed by atoms with E-state index in [0.29, 0.717) is 23.4 Å². The molecule has 0 saturated carbocycles. The monoisotopic (exact) mass is 467 g/mol. The lowest BCUT2D eigenvalue weighted by Crippen LogP contribution is -2.11. The molecule has 1 aromatic heterocycles. The third kappa shape index (κ3) is 6.65. The Morgan fingerprint density at radius 3 is 2.70 bits per heavy atom. The molecule has 0 spiro atoms. The van der Waals surface area contributed by atoms with Crippen molar-refractivity contribution in [2.75, 3.05) is 5.32 Å². The first-order valence-electron chi connectivity index (χ1n) is 10.1. The first-order valence-corrected chi connectivity index (χ1v) is 10.5. The molecule has 0 fully saturated rings. The number of hydrogen-bond acceptors (Lipinski definition) is 6. The highest BCUT2D eigenvalue weighted by molar-refractivity contribution is 6.67. The number of nitrogens with one attached hydrogen (secondary N) is 2. The van der Waals surface area contributed by atoms with E-state index < -0.39 is 11.9 Å². The predicted molar refractivity (Wildman–Crippen MR) is 125 cm³/mol. The van der Waals surface area contributed by atoms with Crippen molar-refractivity contribution in [3.63, 3.8) is 0 Å². The van der Waals surface area contributed by atoms with E-state index in [9.17, 15) is 9.50 Å². The Morgan fingerprint density at radius 2 is 2.06 bits per heavy atom. The Bertz CT molecular complexity index is 1210. The maximum absolute atomic E-state index is 14.1. The van der Waals surface area contributed by atoms with Crippen molar-refractivity contribution in [3.8, 4) is 11.8 Å². The van der Waals surface area contributed by atoms with Gasteiger partial charge in [-0.3, -0.25) is 10.1 Å². The fraction of sp³-hybridized carbons (Fsp3) is 0.208. The van der Waals surface area contributed by atoms with Gasteiger partial charge >= 0.3 is 0 Å². The summed E-state index contributed by atoms with van der Waals surface area (Å²) in [4.78, 5) is 0. The van der Waals surface area contributed by atoms with Crippen molar-refractivity contribution in [2.45, 2.75) is 26.1 Å². The fourth-order valence-corrected chi connectivity index (χ4v) is 3.40. The first kappa shape index (κ1) is 24.0. The second-order valence-corrected chi connectivity index (χ2v) is 7.83. The third-order valence-electron chi connectivity index (χ3n) is 4.95. The Balaban J connectivity index is 1.82. The molecular formula is C24H23ClFN5O2. The number of phenolic OH excluding ortho intramolecular Hbond substituents is 1. The van der Waals surface area contributed by atoms with Crippen LogP contribution in [0.25, 0.3) is 0 Å². The van der Waals surface area contributed by atoms with E-state index in [1.165, 1.54) is 18.2 Å². The lowest BCUT2D eigenvalue weighted by Gasteiger charge is -2.20. The Kier molecular flexibility index (Phi) is 7.83. The molecule has 170 valence electrons. The molecule has 0 unspecified atom stereocenters. The number of ether oxygens (including phenoxy) is 1. The van der Waals surface area contributed by atoms with Gasteiger partial charge in [0, 0.05) is 36.1 Å². The lowest BCUT2D eigenvalue weighted by molar-refractivity contribution is 0.0528. The summed E-state index contributed by atoms with van der Waals surface area (Å²) in [6.07, 6.45) is 1.31. The van der Waals surface area contributed by atoms with Gasteiger partial charge in [-0.1, -0.05) is 23.7 Å². The van der Waals surface area contributed by atoms with Gasteiger partial charge in [0.1, 0.15) is 22.8 Å². The minimum absolute atomic E-state index is 0.169. The van der Waals surface area contributed by atoms with Gasteiger partial charge in [0.2, 0.25) is 0 Å². The van der Waals surface area contributed by atoms with Crippen LogP contribution in [-0.4, -0.2) is 20.1 Å². The van der Waals surface area contributed by atoms with E-state index in [1.807, 2.05) is 13.0 Å². The molecule has 0 radical (unpaired) electrons. The van der Waals surface area contributed by atoms with Crippen LogP contribution in [0.5, 0.6) is 5.75 Å². The molecular weight excluding hydrogens is 445 g/mol. The minimum atomic E-state index is -0.462. The Morgan fingerprint density at radius 1 is 1.33 bits per heavy atom. The van der Waals surface area contributed by atoms with Gasteiger partial charge < -0.3 is 15.2 Å². The maximum Gasteiger partial charge on any atom is 0.162 e. The molecule has 0 bridgehead atoms. The number of anilines is 1. The lowest BCUT2D eigenvalue weighted by atomic mass is 10.1. The Hall–Kier alpha value is -3.67. The normalized spacial score (nSPS) is 12.3. The summed E-state index contributed by atoms with van der Waals surface area (Å²) in [5.74, 6) is -0.237. The number of allylic oxidation sites excluding steroid dienone is 2. The van der Waals surface area contributed by atoms with Crippen molar-refractivity contribution in [1.29, 1.82) is 10.7 Å². The fourth-order valence-electron chi connectivity index (χ4n) is 3.27. The zero-order valence-corrected chi connectivity index (χ0v) is 18.9. The van der Waals surface area contributed by atoms with Gasteiger partial charge in [0.15, 0.2) is 5.69 Å². The highest BCUT2D eigenvalue weighted by Crippen LogP contribution is 2.29. The van der Waals surface area contributed by atoms with Gasteiger partial charge in [0.25, 0.3) is 0 Å². The van der Waals surface area contributed by atoms with Gasteiger partial charge in [-0.05, 0) is 55.0 Å². The van der Waals surface area contributed by atoms with Crippen LogP contribution in [-0.2, 0) is 24.8 Å². The van der Waals surface area contributed by atoms with Gasteiger partial charge in [-0.15, -0.1) is 0 Å². The molecule has 33 heavy (non-hydrogen) atoms. The summed E-state index contributed by atoms with van der Waals surface area (Å²) in [7, 11) is 1.72. The summed E-state index contributed by atoms with van der Waals surface area (Å²) >= 11 is 5.82. The molecule has 9 heteroatoms. The number of rotatable bonds is 9. The largest absolute Gasteiger partial charge is 0.508 e. The number of nitriles is 1. The summed E-state index contributed by atoms with van der Waals surface area (Å²) in [6, 6.07) is 14.6. The highest BCUT2D eigenvalue weighted by Gasteiger charge is 2.15. The average molecular weight is 468 g/mol. The molecule has 3 N–H and O–H groups in total. The summed E-state index contributed by atoms with van der Waals surface area (Å²) in [5.41, 5.74) is 3.65. The number of halogens is 2. The standard InChI is InChI=1S/C24H23ClFN5O2/c1-15(33-14-16-3-6-21(32)7-4-16)22-9-17(26)5-8-23(22)29-18(12-24(25)28)10-20-11-19(13-27)30-31(20)2/h3-9,11-12,15,28-29,32H,10,14H2,1-2H3/b18-12-,28-24?/t15-/m1/s1. The molecule has 1 atom stereocenters. The minimum Gasteiger partial charge on any atom is -0.508 e. The van der Waals surface area contributed by atoms with E-state index in [0.717, 1.165) is 11.3 Å². The van der Waals surface area contributed by atoms with E-state index in [2.05, 4.69) is 10.4 Å². The first-order chi connectivity index (χ1) is 15.7. The van der Waals surface area contributed by atoms with Crippen LogP contribution in [0.2, 0.25) is 0 Å². The molecule has 0 aliphatic rings. The maximum atomic E-state index is 14.1. The van der Waals surface area contributed by atoms with Crippen molar-refractivity contribution in [2.24, 2.45) is 7.05 Å². The van der Waals surface area contributed by atoms with Crippen molar-refractivity contribution in [3.05, 3.63) is 88.6 Å². The summed E-state index contributed by atoms with van der Waals surface area (Å²) in [6.45, 7) is 2.09. The molecule has 0 saturated heterocycles. The topological polar surface area (TPSA) is 107 Å². The summed E-state index contributed by atoms with van der Waals surface area (Å²) < 4.78 is 21.6. The molecule has 1 heterocycles. The smallest absolute Gasteiger partial charge is 0.162 e. The molecule has 3 rings (SSSR count). The zero-order chi connectivity index (χ0) is 24.0. The molecule has 2 aromatic carbocycles. The number of nitrogens with zero attached hydrogens (tertiary/aromatic N) is 3. The van der Waals surface area contributed by atoms with E-state index in [1.54, 1.807) is 48.1 Å². The van der Waals surface area contributed by atoms with Crippen LogP contribution >= 0.6 is 11.6 Å². The van der Waals surface area contributed by atoms with Crippen molar-refractivity contribution in [1.82, 2.24) is 9.78 Å². The number of aromatic hydroxyl groups is 1. The van der Waals surface area contributed by atoms with E-state index >= 15 is 0 Å². The van der Waals surface area contributed by atoms with Gasteiger partial charge in [-0.25, -0.2) is 4.39 Å². The highest BCUT2D eigenvalue weighted by atomic mass is 35.5. The Labute approximate surface area is 196 Å². The second kappa shape index (κ2) is 10.8. The number of aryl methyl sites for hydroxylation is 1. The van der Waals surface area contributed by atoms with Gasteiger partial charge in [-0.2, -0.15) is 10.4 Å². The van der Waals surface area contributed by atoms with Gasteiger partial charge in [0.05, 0.1) is 12.7 Å². The quantitative estimate of drug-likeness (QED) is 0.376. The van der Waals surface area contributed by atoms with Crippen LogP contribution in [0.3, 0.4) is 0 Å². The predicted octanol–water partition coefficient (Wildman–Crippen LogP) is 5.17. The van der Waals surface area contributed by atoms with Crippen LogP contribution in [0.15, 0.2) is 60.3 Å². The molecule has 0 aliphatic carbocycles. The number of phenols is 1. The second-order valence-electron chi connectivity index (χ2n) is 7.43. The molecule has 3 aromatic rings. The van der Waals surface area contributed by atoms with E-state index in [4.69, 9.17) is 27.0 Å². The van der Waals surface area contributed by atoms with Crippen LogP contribution in [0.1, 0.15) is 35.5 Å². The number of aromatic nitrogens is 2. The van der Waals surface area contributed by atoms with Crippen molar-refractivity contribution >= 4 is 22.5 Å². The van der Waals surface area contributed by atoms with E-state index in [-0.39, 0.29) is 23.2 Å². The number of hydrogen-bond donors (Lipinski definition) is 3. The zero-order valence-electron chi connectivity index (χ0n) is 18.1.